The van der Waals surface area contributed by atoms with Crippen LogP contribution in [-0.4, -0.2) is 49.4 Å². The fraction of sp³-hybridized carbons (Fsp3) is 0.485. The van der Waals surface area contributed by atoms with Gasteiger partial charge in [0.05, 0.1) is 20.8 Å². The Labute approximate surface area is 250 Å². The summed E-state index contributed by atoms with van der Waals surface area (Å²) in [5.74, 6) is 3.99. The van der Waals surface area contributed by atoms with Crippen LogP contribution >= 0.6 is 0 Å². The third-order valence-corrected chi connectivity index (χ3v) is 7.44. The Balaban J connectivity index is 1.39. The Hall–Kier alpha value is -4.01. The third-order valence-electron chi connectivity index (χ3n) is 7.44. The second-order valence-electron chi connectivity index (χ2n) is 10.8. The number of methoxy groups -OCH3 is 2. The van der Waals surface area contributed by atoms with Crippen LogP contribution < -0.4 is 25.0 Å². The van der Waals surface area contributed by atoms with Gasteiger partial charge in [-0.1, -0.05) is 38.3 Å². The first kappa shape index (κ1) is 30.9. The first-order chi connectivity index (χ1) is 20.5. The largest absolute Gasteiger partial charge is 0.497 e. The maximum atomic E-state index is 11.2. The number of hydrogen-bond donors (Lipinski definition) is 2. The van der Waals surface area contributed by atoms with Crippen molar-refractivity contribution < 1.29 is 19.0 Å². The van der Waals surface area contributed by atoms with Gasteiger partial charge in [-0.15, -0.1) is 0 Å². The number of carbonyl (C=O) groups is 1. The molecule has 0 radical (unpaired) electrons. The summed E-state index contributed by atoms with van der Waals surface area (Å²) in [4.78, 5) is 23.4. The van der Waals surface area contributed by atoms with Crippen molar-refractivity contribution >= 4 is 29.2 Å². The molecule has 0 amide bonds. The highest BCUT2D eigenvalue weighted by atomic mass is 16.5. The number of anilines is 4. The van der Waals surface area contributed by atoms with Crippen LogP contribution in [0.2, 0.25) is 0 Å². The summed E-state index contributed by atoms with van der Waals surface area (Å²) in [5.41, 5.74) is 3.28. The van der Waals surface area contributed by atoms with Gasteiger partial charge in [-0.3, -0.25) is 4.79 Å². The normalized spacial score (nSPS) is 12.9. The average molecular weight is 576 g/mol. The molecule has 9 heteroatoms. The lowest BCUT2D eigenvalue weighted by Crippen LogP contribution is -2.21. The second kappa shape index (κ2) is 15.8. The molecule has 2 N–H and O–H groups in total. The van der Waals surface area contributed by atoms with E-state index in [1.807, 2.05) is 36.4 Å². The molecule has 1 aliphatic rings. The van der Waals surface area contributed by atoms with Crippen molar-refractivity contribution in [2.75, 3.05) is 42.9 Å². The number of aromatic nitrogens is 2. The van der Waals surface area contributed by atoms with Gasteiger partial charge in [-0.2, -0.15) is 9.97 Å². The van der Waals surface area contributed by atoms with E-state index >= 15 is 0 Å². The van der Waals surface area contributed by atoms with E-state index in [1.54, 1.807) is 7.11 Å². The van der Waals surface area contributed by atoms with Gasteiger partial charge in [0, 0.05) is 36.8 Å². The van der Waals surface area contributed by atoms with Gasteiger partial charge >= 0.3 is 5.97 Å². The zero-order valence-electron chi connectivity index (χ0n) is 25.4. The quantitative estimate of drug-likeness (QED) is 0.132. The highest BCUT2D eigenvalue weighted by Gasteiger charge is 2.26. The van der Waals surface area contributed by atoms with Crippen LogP contribution in [0.15, 0.2) is 48.5 Å². The van der Waals surface area contributed by atoms with Gasteiger partial charge < -0.3 is 29.7 Å². The molecule has 0 saturated carbocycles. The number of rotatable bonds is 17. The Kier molecular flexibility index (Phi) is 11.7. The van der Waals surface area contributed by atoms with E-state index < -0.39 is 0 Å². The van der Waals surface area contributed by atoms with Crippen LogP contribution in [-0.2, 0) is 22.5 Å². The minimum absolute atomic E-state index is 0.144. The number of hydrogen-bond acceptors (Lipinski definition) is 9. The van der Waals surface area contributed by atoms with E-state index in [9.17, 15) is 4.79 Å². The molecule has 1 aliphatic heterocycles. The van der Waals surface area contributed by atoms with E-state index in [1.165, 1.54) is 18.2 Å². The van der Waals surface area contributed by atoms with Crippen molar-refractivity contribution in [3.8, 4) is 11.5 Å². The fourth-order valence-corrected chi connectivity index (χ4v) is 5.12. The van der Waals surface area contributed by atoms with Crippen LogP contribution in [0.25, 0.3) is 0 Å². The van der Waals surface area contributed by atoms with E-state index in [0.29, 0.717) is 25.0 Å². The van der Waals surface area contributed by atoms with Crippen molar-refractivity contribution in [1.29, 1.82) is 0 Å². The lowest BCUT2D eigenvalue weighted by molar-refractivity contribution is -0.140. The molecule has 0 spiro atoms. The molecule has 3 aromatic rings. The lowest BCUT2D eigenvalue weighted by atomic mass is 10.1. The molecule has 1 unspecified atom stereocenters. The molecule has 2 aromatic carbocycles. The third kappa shape index (κ3) is 8.99. The number of benzene rings is 2. The van der Waals surface area contributed by atoms with Crippen molar-refractivity contribution in [3.63, 3.8) is 0 Å². The smallest absolute Gasteiger partial charge is 0.305 e. The van der Waals surface area contributed by atoms with Gasteiger partial charge in [0.2, 0.25) is 5.95 Å². The predicted molar refractivity (Wildman–Crippen MR) is 168 cm³/mol. The zero-order chi connectivity index (χ0) is 29.7. The fourth-order valence-electron chi connectivity index (χ4n) is 5.12. The molecule has 1 aromatic heterocycles. The van der Waals surface area contributed by atoms with Crippen LogP contribution in [0, 0.1) is 0 Å². The predicted octanol–water partition coefficient (Wildman–Crippen LogP) is 6.89. The van der Waals surface area contributed by atoms with E-state index in [0.717, 1.165) is 86.9 Å². The van der Waals surface area contributed by atoms with Crippen LogP contribution in [0.5, 0.6) is 11.5 Å². The molecule has 9 nitrogen and oxygen atoms in total. The maximum absolute atomic E-state index is 11.2. The van der Waals surface area contributed by atoms with Crippen LogP contribution in [0.1, 0.15) is 69.9 Å². The summed E-state index contributed by atoms with van der Waals surface area (Å²) in [6.07, 6.45) is 7.39. The molecule has 42 heavy (non-hydrogen) atoms. The molecule has 1 atom stereocenters. The number of nitrogens with zero attached hydrogens (tertiary/aromatic N) is 3. The first-order valence-electron chi connectivity index (χ1n) is 15.1. The van der Waals surface area contributed by atoms with Crippen LogP contribution in [0.4, 0.5) is 23.3 Å². The average Bonchev–Trinajstić information content (AvgIpc) is 3.40. The molecular formula is C33H45N5O4. The van der Waals surface area contributed by atoms with Gasteiger partial charge in [0.25, 0.3) is 0 Å². The molecule has 0 aliphatic carbocycles. The summed E-state index contributed by atoms with van der Waals surface area (Å²) in [6, 6.07) is 16.4. The molecular weight excluding hydrogens is 530 g/mol. The number of carbonyl (C=O) groups excluding carboxylic acids is 1. The standard InChI is InChI=1S/C33H45N5O4/c1-5-10-24(2)34-31-29-20-21-38(23-25-12-16-27(40-3)17-13-25)32(29)37-33(36-31)35-26-14-18-28(19-15-26)42-22-9-7-6-8-11-30(39)41-4/h12-19,24H,5-11,20-23H2,1-4H3,(H2,34,35,36,37). The van der Waals surface area contributed by atoms with Crippen LogP contribution in [0.3, 0.4) is 0 Å². The van der Waals surface area contributed by atoms with Crippen molar-refractivity contribution in [3.05, 3.63) is 59.7 Å². The molecule has 226 valence electrons. The summed E-state index contributed by atoms with van der Waals surface area (Å²) >= 11 is 0. The summed E-state index contributed by atoms with van der Waals surface area (Å²) < 4.78 is 15.9. The molecule has 0 fully saturated rings. The summed E-state index contributed by atoms with van der Waals surface area (Å²) in [6.45, 7) is 6.72. The molecule has 2 heterocycles. The molecule has 0 saturated heterocycles. The summed E-state index contributed by atoms with van der Waals surface area (Å²) in [5, 5.41) is 7.06. The minimum Gasteiger partial charge on any atom is -0.497 e. The number of fused-ring (bicyclic) bond motifs is 1. The number of esters is 1. The second-order valence-corrected chi connectivity index (χ2v) is 10.8. The maximum Gasteiger partial charge on any atom is 0.305 e. The van der Waals surface area contributed by atoms with E-state index in [2.05, 4.69) is 46.3 Å². The van der Waals surface area contributed by atoms with E-state index in [-0.39, 0.29) is 5.97 Å². The number of nitrogens with one attached hydrogen (secondary N) is 2. The first-order valence-corrected chi connectivity index (χ1v) is 15.1. The van der Waals surface area contributed by atoms with Crippen molar-refractivity contribution in [2.45, 2.75) is 77.8 Å². The molecule has 4 rings (SSSR count). The van der Waals surface area contributed by atoms with Gasteiger partial charge in [-0.05, 0) is 74.6 Å². The summed E-state index contributed by atoms with van der Waals surface area (Å²) in [7, 11) is 3.11. The van der Waals surface area contributed by atoms with Crippen molar-refractivity contribution in [2.24, 2.45) is 0 Å². The van der Waals surface area contributed by atoms with Crippen molar-refractivity contribution in [1.82, 2.24) is 9.97 Å². The van der Waals surface area contributed by atoms with Gasteiger partial charge in [0.1, 0.15) is 23.1 Å². The van der Waals surface area contributed by atoms with E-state index in [4.69, 9.17) is 19.4 Å². The number of ether oxygens (including phenoxy) is 3. The Morgan fingerprint density at radius 2 is 1.71 bits per heavy atom. The Morgan fingerprint density at radius 1 is 0.976 bits per heavy atom. The lowest BCUT2D eigenvalue weighted by Gasteiger charge is -2.21. The topological polar surface area (TPSA) is 97.8 Å². The highest BCUT2D eigenvalue weighted by molar-refractivity contribution is 5.69. The van der Waals surface area contributed by atoms with Gasteiger partial charge in [0.15, 0.2) is 0 Å². The molecule has 0 bridgehead atoms. The zero-order valence-corrected chi connectivity index (χ0v) is 25.4. The minimum atomic E-state index is -0.144. The highest BCUT2D eigenvalue weighted by Crippen LogP contribution is 2.34. The SMILES string of the molecule is CCCC(C)Nc1nc(Nc2ccc(OCCCCCCC(=O)OC)cc2)nc2c1CCN2Cc1ccc(OC)cc1. The Morgan fingerprint density at radius 3 is 2.43 bits per heavy atom. The Bertz CT molecular complexity index is 1270. The number of unbranched alkanes of at least 4 members (excludes halogenated alkanes) is 3. The van der Waals surface area contributed by atoms with Gasteiger partial charge in [-0.25, -0.2) is 0 Å². The monoisotopic (exact) mass is 575 g/mol.